The van der Waals surface area contributed by atoms with E-state index in [1.54, 1.807) is 0 Å². The fourth-order valence-corrected chi connectivity index (χ4v) is 1.85. The van der Waals surface area contributed by atoms with E-state index in [9.17, 15) is 0 Å². The van der Waals surface area contributed by atoms with Gasteiger partial charge >= 0.3 is 0 Å². The molecule has 1 fully saturated rings. The van der Waals surface area contributed by atoms with Crippen LogP contribution in [0.3, 0.4) is 0 Å². The third-order valence-corrected chi connectivity index (χ3v) is 2.79. The summed E-state index contributed by atoms with van der Waals surface area (Å²) < 4.78 is 2.19. The molecule has 1 heterocycles. The maximum absolute atomic E-state index is 4.20. The number of hydrogen-bond donors (Lipinski definition) is 0. The maximum atomic E-state index is 4.20. The van der Waals surface area contributed by atoms with Gasteiger partial charge in [0.2, 0.25) is 0 Å². The van der Waals surface area contributed by atoms with E-state index in [0.29, 0.717) is 6.04 Å². The van der Waals surface area contributed by atoms with Gasteiger partial charge in [0.15, 0.2) is 5.82 Å². The summed E-state index contributed by atoms with van der Waals surface area (Å²) >= 11 is 0. The molecule has 0 amide bonds. The number of aromatic nitrogens is 3. The second kappa shape index (κ2) is 3.19. The fourth-order valence-electron chi connectivity index (χ4n) is 1.85. The standard InChI is InChI=1S/C12H13N3/c1-9-3-2-4-10(7-9)12-14-13-8-15(12)11-5-6-11/h2-4,7-8,11H,5-6H2,1H3. The second-order valence-electron chi connectivity index (χ2n) is 4.16. The molecule has 0 radical (unpaired) electrons. The van der Waals surface area contributed by atoms with Crippen molar-refractivity contribution >= 4 is 0 Å². The van der Waals surface area contributed by atoms with Crippen molar-refractivity contribution in [3.8, 4) is 11.4 Å². The highest BCUT2D eigenvalue weighted by atomic mass is 15.3. The first-order valence-corrected chi connectivity index (χ1v) is 5.31. The largest absolute Gasteiger partial charge is 0.310 e. The van der Waals surface area contributed by atoms with E-state index in [1.165, 1.54) is 24.0 Å². The van der Waals surface area contributed by atoms with Crippen molar-refractivity contribution in [3.05, 3.63) is 36.2 Å². The summed E-state index contributed by atoms with van der Waals surface area (Å²) in [7, 11) is 0. The summed E-state index contributed by atoms with van der Waals surface area (Å²) in [6, 6.07) is 9.05. The van der Waals surface area contributed by atoms with Gasteiger partial charge in [0.1, 0.15) is 6.33 Å². The van der Waals surface area contributed by atoms with Crippen LogP contribution in [0, 0.1) is 6.92 Å². The minimum atomic E-state index is 0.635. The van der Waals surface area contributed by atoms with Crippen molar-refractivity contribution in [1.29, 1.82) is 0 Å². The number of hydrogen-bond acceptors (Lipinski definition) is 2. The summed E-state index contributed by atoms with van der Waals surface area (Å²) in [5.74, 6) is 1.00. The zero-order valence-corrected chi connectivity index (χ0v) is 8.72. The van der Waals surface area contributed by atoms with Crippen LogP contribution in [-0.2, 0) is 0 Å². The molecule has 3 rings (SSSR count). The summed E-state index contributed by atoms with van der Waals surface area (Å²) in [4.78, 5) is 0. The first kappa shape index (κ1) is 8.65. The van der Waals surface area contributed by atoms with Crippen molar-refractivity contribution < 1.29 is 0 Å². The fraction of sp³-hybridized carbons (Fsp3) is 0.333. The van der Waals surface area contributed by atoms with Gasteiger partial charge in [0.05, 0.1) is 0 Å². The number of aryl methyl sites for hydroxylation is 1. The smallest absolute Gasteiger partial charge is 0.164 e. The molecule has 2 aromatic rings. The van der Waals surface area contributed by atoms with Crippen molar-refractivity contribution in [1.82, 2.24) is 14.8 Å². The predicted octanol–water partition coefficient (Wildman–Crippen LogP) is 2.59. The molecule has 3 heteroatoms. The third-order valence-electron chi connectivity index (χ3n) is 2.79. The van der Waals surface area contributed by atoms with Crippen molar-refractivity contribution in [2.24, 2.45) is 0 Å². The number of benzene rings is 1. The molecule has 0 bridgehead atoms. The van der Waals surface area contributed by atoms with E-state index in [2.05, 4.69) is 46.0 Å². The molecule has 0 atom stereocenters. The summed E-state index contributed by atoms with van der Waals surface area (Å²) in [6.07, 6.45) is 4.36. The molecule has 76 valence electrons. The maximum Gasteiger partial charge on any atom is 0.164 e. The SMILES string of the molecule is Cc1cccc(-c2nncn2C2CC2)c1. The Labute approximate surface area is 88.8 Å². The Kier molecular flexibility index (Phi) is 1.84. The van der Waals surface area contributed by atoms with Crippen LogP contribution in [0.2, 0.25) is 0 Å². The van der Waals surface area contributed by atoms with E-state index < -0.39 is 0 Å². The highest BCUT2D eigenvalue weighted by Crippen LogP contribution is 2.37. The highest BCUT2D eigenvalue weighted by Gasteiger charge is 2.26. The van der Waals surface area contributed by atoms with E-state index in [1.807, 2.05) is 6.33 Å². The summed E-state index contributed by atoms with van der Waals surface area (Å²) in [5, 5.41) is 8.20. The second-order valence-corrected chi connectivity index (χ2v) is 4.16. The van der Waals surface area contributed by atoms with Gasteiger partial charge in [-0.15, -0.1) is 10.2 Å². The Hall–Kier alpha value is -1.64. The van der Waals surface area contributed by atoms with Gasteiger partial charge in [-0.25, -0.2) is 0 Å². The van der Waals surface area contributed by atoms with Gasteiger partial charge in [-0.05, 0) is 25.8 Å². The van der Waals surface area contributed by atoms with Crippen molar-refractivity contribution in [2.45, 2.75) is 25.8 Å². The zero-order chi connectivity index (χ0) is 10.3. The Bertz CT molecular complexity index is 483. The molecule has 3 nitrogen and oxygen atoms in total. The number of rotatable bonds is 2. The Morgan fingerprint density at radius 1 is 1.33 bits per heavy atom. The molecule has 1 aliphatic carbocycles. The Balaban J connectivity index is 2.07. The minimum Gasteiger partial charge on any atom is -0.310 e. The van der Waals surface area contributed by atoms with Gasteiger partial charge < -0.3 is 4.57 Å². The lowest BCUT2D eigenvalue weighted by molar-refractivity contribution is 0.746. The summed E-state index contributed by atoms with van der Waals surface area (Å²) in [5.41, 5.74) is 2.43. The molecule has 15 heavy (non-hydrogen) atoms. The van der Waals surface area contributed by atoms with Crippen molar-refractivity contribution in [2.75, 3.05) is 0 Å². The van der Waals surface area contributed by atoms with Crippen LogP contribution in [-0.4, -0.2) is 14.8 Å². The van der Waals surface area contributed by atoms with Crippen LogP contribution >= 0.6 is 0 Å². The zero-order valence-electron chi connectivity index (χ0n) is 8.72. The third kappa shape index (κ3) is 1.54. The summed E-state index contributed by atoms with van der Waals surface area (Å²) in [6.45, 7) is 2.10. The highest BCUT2D eigenvalue weighted by molar-refractivity contribution is 5.56. The van der Waals surface area contributed by atoms with Gasteiger partial charge in [-0.2, -0.15) is 0 Å². The molecule has 0 unspecified atom stereocenters. The molecule has 0 aliphatic heterocycles. The Morgan fingerprint density at radius 2 is 2.20 bits per heavy atom. The average molecular weight is 199 g/mol. The molecule has 1 aromatic carbocycles. The molecular formula is C12H13N3. The lowest BCUT2D eigenvalue weighted by Crippen LogP contribution is -1.95. The topological polar surface area (TPSA) is 30.7 Å². The lowest BCUT2D eigenvalue weighted by atomic mass is 10.1. The van der Waals surface area contributed by atoms with Crippen LogP contribution in [0.25, 0.3) is 11.4 Å². The molecule has 1 aromatic heterocycles. The average Bonchev–Trinajstić information content (AvgIpc) is 2.96. The molecule has 1 saturated carbocycles. The van der Waals surface area contributed by atoms with E-state index in [0.717, 1.165) is 5.82 Å². The first-order chi connectivity index (χ1) is 7.34. The molecular weight excluding hydrogens is 186 g/mol. The quantitative estimate of drug-likeness (QED) is 0.744. The minimum absolute atomic E-state index is 0.635. The van der Waals surface area contributed by atoms with E-state index in [4.69, 9.17) is 0 Å². The molecule has 0 saturated heterocycles. The molecule has 1 aliphatic rings. The van der Waals surface area contributed by atoms with Gasteiger partial charge in [-0.3, -0.25) is 0 Å². The van der Waals surface area contributed by atoms with E-state index in [-0.39, 0.29) is 0 Å². The predicted molar refractivity (Wildman–Crippen MR) is 58.5 cm³/mol. The van der Waals surface area contributed by atoms with Crippen LogP contribution in [0.5, 0.6) is 0 Å². The Morgan fingerprint density at radius 3 is 2.93 bits per heavy atom. The monoisotopic (exact) mass is 199 g/mol. The molecule has 0 N–H and O–H groups in total. The van der Waals surface area contributed by atoms with E-state index >= 15 is 0 Å². The van der Waals surface area contributed by atoms with Crippen molar-refractivity contribution in [3.63, 3.8) is 0 Å². The van der Waals surface area contributed by atoms with Crippen LogP contribution < -0.4 is 0 Å². The first-order valence-electron chi connectivity index (χ1n) is 5.31. The van der Waals surface area contributed by atoms with Crippen LogP contribution in [0.4, 0.5) is 0 Å². The van der Waals surface area contributed by atoms with Crippen LogP contribution in [0.1, 0.15) is 24.4 Å². The molecule has 0 spiro atoms. The van der Waals surface area contributed by atoms with Gasteiger partial charge in [-0.1, -0.05) is 23.8 Å². The number of nitrogens with zero attached hydrogens (tertiary/aromatic N) is 3. The normalized spacial score (nSPS) is 15.5. The van der Waals surface area contributed by atoms with Crippen LogP contribution in [0.15, 0.2) is 30.6 Å². The van der Waals surface area contributed by atoms with Gasteiger partial charge in [0, 0.05) is 11.6 Å². The van der Waals surface area contributed by atoms with Gasteiger partial charge in [0.25, 0.3) is 0 Å². The lowest BCUT2D eigenvalue weighted by Gasteiger charge is -2.04.